The molecule has 1 rings (SSSR count). The van der Waals surface area contributed by atoms with Crippen LogP contribution in [0, 0.1) is 0 Å². The van der Waals surface area contributed by atoms with E-state index in [1.54, 1.807) is 0 Å². The van der Waals surface area contributed by atoms with Crippen LogP contribution < -0.4 is 10.2 Å². The second-order valence-corrected chi connectivity index (χ2v) is 4.11. The molecule has 2 N–H and O–H groups in total. The van der Waals surface area contributed by atoms with Crippen LogP contribution in [-0.4, -0.2) is 30.8 Å². The number of carboxylic acids is 1. The van der Waals surface area contributed by atoms with Gasteiger partial charge in [-0.15, -0.1) is 0 Å². The summed E-state index contributed by atoms with van der Waals surface area (Å²) in [6.45, 7) is 1.70. The van der Waals surface area contributed by atoms with Crippen molar-refractivity contribution in [1.29, 1.82) is 0 Å². The van der Waals surface area contributed by atoms with E-state index in [0.717, 1.165) is 25.1 Å². The van der Waals surface area contributed by atoms with Crippen molar-refractivity contribution in [2.75, 3.05) is 19.8 Å². The maximum atomic E-state index is 10.3. The van der Waals surface area contributed by atoms with E-state index in [9.17, 15) is 4.79 Å². The van der Waals surface area contributed by atoms with E-state index < -0.39 is 5.97 Å². The highest BCUT2D eigenvalue weighted by atomic mass is 16.7. The maximum Gasteiger partial charge on any atom is 0.303 e. The molecule has 0 fully saturated rings. The monoisotopic (exact) mass is 267 g/mol. The average Bonchev–Trinajstić information content (AvgIpc) is 2.42. The fourth-order valence-electron chi connectivity index (χ4n) is 1.51. The third-order valence-corrected chi connectivity index (χ3v) is 2.47. The number of hydroxylamine groups is 1. The lowest BCUT2D eigenvalue weighted by atomic mass is 10.2. The molecule has 0 saturated heterocycles. The zero-order valence-corrected chi connectivity index (χ0v) is 11.0. The van der Waals surface area contributed by atoms with Gasteiger partial charge < -0.3 is 9.84 Å². The Bertz CT molecular complexity index is 343. The van der Waals surface area contributed by atoms with E-state index in [1.165, 1.54) is 0 Å². The van der Waals surface area contributed by atoms with Crippen molar-refractivity contribution in [3.63, 3.8) is 0 Å². The standard InChI is InChI=1S/C14H21NO4/c16-14(17)9-5-2-6-10-15-19-12-11-18-13-7-3-1-4-8-13/h1,3-4,7-8,15H,2,5-6,9-12H2,(H,16,17). The minimum atomic E-state index is -0.734. The smallest absolute Gasteiger partial charge is 0.303 e. The van der Waals surface area contributed by atoms with Crippen molar-refractivity contribution in [1.82, 2.24) is 5.48 Å². The van der Waals surface area contributed by atoms with Gasteiger partial charge in [0.25, 0.3) is 0 Å². The summed E-state index contributed by atoms with van der Waals surface area (Å²) in [5, 5.41) is 8.45. The average molecular weight is 267 g/mol. The van der Waals surface area contributed by atoms with Crippen LogP contribution in [-0.2, 0) is 9.63 Å². The summed E-state index contributed by atoms with van der Waals surface area (Å²) in [7, 11) is 0. The van der Waals surface area contributed by atoms with Gasteiger partial charge in [0.1, 0.15) is 19.0 Å². The van der Waals surface area contributed by atoms with Gasteiger partial charge in [0.05, 0.1) is 0 Å². The van der Waals surface area contributed by atoms with E-state index in [1.807, 2.05) is 30.3 Å². The highest BCUT2D eigenvalue weighted by Crippen LogP contribution is 2.07. The largest absolute Gasteiger partial charge is 0.491 e. The van der Waals surface area contributed by atoms with Crippen LogP contribution in [0.15, 0.2) is 30.3 Å². The van der Waals surface area contributed by atoms with E-state index in [-0.39, 0.29) is 6.42 Å². The highest BCUT2D eigenvalue weighted by molar-refractivity contribution is 5.66. The molecule has 0 aromatic heterocycles. The summed E-state index contributed by atoms with van der Waals surface area (Å²) in [5.41, 5.74) is 2.83. The van der Waals surface area contributed by atoms with Crippen molar-refractivity contribution in [2.24, 2.45) is 0 Å². The molecule has 5 heteroatoms. The molecule has 0 aliphatic rings. The quantitative estimate of drug-likeness (QED) is 0.475. The number of carboxylic acid groups (broad SMARTS) is 1. The topological polar surface area (TPSA) is 67.8 Å². The second kappa shape index (κ2) is 10.3. The summed E-state index contributed by atoms with van der Waals surface area (Å²) >= 11 is 0. The molecular formula is C14H21NO4. The lowest BCUT2D eigenvalue weighted by molar-refractivity contribution is -0.137. The van der Waals surface area contributed by atoms with Crippen LogP contribution in [0.2, 0.25) is 0 Å². The molecule has 0 aliphatic heterocycles. The van der Waals surface area contributed by atoms with Gasteiger partial charge in [0.15, 0.2) is 0 Å². The Balaban J connectivity index is 1.83. The van der Waals surface area contributed by atoms with Gasteiger partial charge in [-0.25, -0.2) is 5.48 Å². The zero-order chi connectivity index (χ0) is 13.8. The normalized spacial score (nSPS) is 10.3. The van der Waals surface area contributed by atoms with Crippen molar-refractivity contribution >= 4 is 5.97 Å². The SMILES string of the molecule is O=C(O)CCCCCNOCCOc1ccccc1. The molecule has 0 unspecified atom stereocenters. The van der Waals surface area contributed by atoms with Crippen LogP contribution >= 0.6 is 0 Å². The number of aliphatic carboxylic acids is 1. The minimum absolute atomic E-state index is 0.242. The molecule has 0 saturated carbocycles. The summed E-state index contributed by atoms with van der Waals surface area (Å²) < 4.78 is 5.45. The molecule has 1 aromatic carbocycles. The third-order valence-electron chi connectivity index (χ3n) is 2.47. The van der Waals surface area contributed by atoms with Crippen LogP contribution in [0.4, 0.5) is 0 Å². The van der Waals surface area contributed by atoms with Crippen molar-refractivity contribution in [2.45, 2.75) is 25.7 Å². The molecule has 0 amide bonds. The van der Waals surface area contributed by atoms with Gasteiger partial charge in [-0.1, -0.05) is 24.6 Å². The first kappa shape index (κ1) is 15.5. The Morgan fingerprint density at radius 2 is 1.89 bits per heavy atom. The second-order valence-electron chi connectivity index (χ2n) is 4.11. The van der Waals surface area contributed by atoms with Gasteiger partial charge in [-0.3, -0.25) is 9.63 Å². The first-order chi connectivity index (χ1) is 9.29. The molecule has 1 aromatic rings. The van der Waals surface area contributed by atoms with Crippen molar-refractivity contribution in [3.05, 3.63) is 30.3 Å². The third kappa shape index (κ3) is 9.04. The molecule has 19 heavy (non-hydrogen) atoms. The molecule has 0 radical (unpaired) electrons. The summed E-state index contributed by atoms with van der Waals surface area (Å²) in [4.78, 5) is 15.5. The van der Waals surface area contributed by atoms with E-state index in [4.69, 9.17) is 14.7 Å². The Morgan fingerprint density at radius 1 is 1.11 bits per heavy atom. The van der Waals surface area contributed by atoms with Crippen molar-refractivity contribution < 1.29 is 19.5 Å². The Hall–Kier alpha value is -1.59. The van der Waals surface area contributed by atoms with E-state index >= 15 is 0 Å². The molecule has 0 aliphatic carbocycles. The Kier molecular flexibility index (Phi) is 8.42. The van der Waals surface area contributed by atoms with Crippen LogP contribution in [0.1, 0.15) is 25.7 Å². The predicted octanol–water partition coefficient (Wildman–Crippen LogP) is 2.23. The number of hydrogen-bond donors (Lipinski definition) is 2. The Labute approximate surface area is 113 Å². The number of ether oxygens (including phenoxy) is 1. The lowest BCUT2D eigenvalue weighted by Crippen LogP contribution is -2.19. The number of carbonyl (C=O) groups is 1. The Morgan fingerprint density at radius 3 is 2.63 bits per heavy atom. The number of hydrogen-bond acceptors (Lipinski definition) is 4. The van der Waals surface area contributed by atoms with Crippen LogP contribution in [0.3, 0.4) is 0 Å². The zero-order valence-electron chi connectivity index (χ0n) is 11.0. The van der Waals surface area contributed by atoms with Crippen LogP contribution in [0.5, 0.6) is 5.75 Å². The molecular weight excluding hydrogens is 246 g/mol. The minimum Gasteiger partial charge on any atom is -0.491 e. The molecule has 5 nitrogen and oxygen atoms in total. The van der Waals surface area contributed by atoms with Gasteiger partial charge >= 0.3 is 5.97 Å². The van der Waals surface area contributed by atoms with Gasteiger partial charge in [-0.05, 0) is 25.0 Å². The van der Waals surface area contributed by atoms with E-state index in [0.29, 0.717) is 19.6 Å². The highest BCUT2D eigenvalue weighted by Gasteiger charge is 1.96. The summed E-state index contributed by atoms with van der Waals surface area (Å²) in [6, 6.07) is 9.58. The molecule has 0 bridgehead atoms. The maximum absolute atomic E-state index is 10.3. The fraction of sp³-hybridized carbons (Fsp3) is 0.500. The summed E-state index contributed by atoms with van der Waals surface area (Å²) in [5.74, 6) is 0.0991. The first-order valence-electron chi connectivity index (χ1n) is 6.53. The van der Waals surface area contributed by atoms with Crippen LogP contribution in [0.25, 0.3) is 0 Å². The number of nitrogens with one attached hydrogen (secondary N) is 1. The first-order valence-corrected chi connectivity index (χ1v) is 6.53. The van der Waals surface area contributed by atoms with Gasteiger partial charge in [0, 0.05) is 13.0 Å². The van der Waals surface area contributed by atoms with E-state index in [2.05, 4.69) is 5.48 Å². The molecule has 106 valence electrons. The molecule has 0 heterocycles. The molecule has 0 atom stereocenters. The number of para-hydroxylation sites is 1. The fourth-order valence-corrected chi connectivity index (χ4v) is 1.51. The van der Waals surface area contributed by atoms with Crippen molar-refractivity contribution in [3.8, 4) is 5.75 Å². The number of unbranched alkanes of at least 4 members (excludes halogenated alkanes) is 2. The number of rotatable bonds is 11. The number of benzene rings is 1. The molecule has 0 spiro atoms. The summed E-state index contributed by atoms with van der Waals surface area (Å²) in [6.07, 6.45) is 2.76. The lowest BCUT2D eigenvalue weighted by Gasteiger charge is -2.07. The van der Waals surface area contributed by atoms with Gasteiger partial charge in [0.2, 0.25) is 0 Å². The predicted molar refractivity (Wildman–Crippen MR) is 72.0 cm³/mol. The van der Waals surface area contributed by atoms with Gasteiger partial charge in [-0.2, -0.15) is 0 Å².